The fourth-order valence-electron chi connectivity index (χ4n) is 2.99. The van der Waals surface area contributed by atoms with Crippen molar-refractivity contribution in [3.8, 4) is 17.2 Å². The lowest BCUT2D eigenvalue weighted by molar-refractivity contribution is -0.143. The molecule has 6 nitrogen and oxygen atoms in total. The summed E-state index contributed by atoms with van der Waals surface area (Å²) >= 11 is 0. The second-order valence-corrected chi connectivity index (χ2v) is 6.83. The Morgan fingerprint density at radius 1 is 1.12 bits per heavy atom. The van der Waals surface area contributed by atoms with Crippen LogP contribution in [0.1, 0.15) is 59.4 Å². The van der Waals surface area contributed by atoms with E-state index in [2.05, 4.69) is 0 Å². The lowest BCUT2D eigenvalue weighted by Crippen LogP contribution is -2.46. The van der Waals surface area contributed by atoms with Crippen LogP contribution in [0.25, 0.3) is 0 Å². The topological polar surface area (TPSA) is 91.0 Å². The molecule has 0 saturated carbocycles. The molecule has 0 fully saturated rings. The van der Waals surface area contributed by atoms with Gasteiger partial charge in [0.05, 0.1) is 19.8 Å². The van der Waals surface area contributed by atoms with Crippen molar-refractivity contribution in [2.75, 3.05) is 19.8 Å². The normalized spacial score (nSPS) is 15.7. The summed E-state index contributed by atoms with van der Waals surface area (Å²) < 4.78 is 17.3. The summed E-state index contributed by atoms with van der Waals surface area (Å²) in [5.41, 5.74) is 5.61. The first-order chi connectivity index (χ1) is 12.2. The molecule has 1 rings (SSSR count). The van der Waals surface area contributed by atoms with Gasteiger partial charge in [-0.05, 0) is 52.0 Å². The maximum Gasteiger partial charge on any atom is 0.323 e. The van der Waals surface area contributed by atoms with E-state index in [4.69, 9.17) is 19.9 Å². The minimum Gasteiger partial charge on any atom is -0.494 e. The van der Waals surface area contributed by atoms with Crippen molar-refractivity contribution in [3.63, 3.8) is 0 Å². The smallest absolute Gasteiger partial charge is 0.323 e. The largest absolute Gasteiger partial charge is 0.494 e. The summed E-state index contributed by atoms with van der Waals surface area (Å²) in [6.45, 7) is 12.9. The molecule has 0 saturated heterocycles. The molecule has 0 aliphatic heterocycles. The van der Waals surface area contributed by atoms with Gasteiger partial charge in [-0.25, -0.2) is 0 Å². The van der Waals surface area contributed by atoms with E-state index < -0.39 is 11.5 Å². The first-order valence-corrected chi connectivity index (χ1v) is 9.26. The van der Waals surface area contributed by atoms with Gasteiger partial charge in [0, 0.05) is 11.6 Å². The Morgan fingerprint density at radius 3 is 2.19 bits per heavy atom. The SMILES string of the molecule is CCOc1cc(OCC)c(OCC)c(C(C)C(C)CC(C)(N)C(=O)O)c1. The summed E-state index contributed by atoms with van der Waals surface area (Å²) in [5, 5.41) is 9.32. The molecule has 1 aromatic rings. The average molecular weight is 367 g/mol. The first-order valence-electron chi connectivity index (χ1n) is 9.26. The molecule has 0 radical (unpaired) electrons. The molecule has 0 heterocycles. The monoisotopic (exact) mass is 367 g/mol. The van der Waals surface area contributed by atoms with Crippen LogP contribution in [0.4, 0.5) is 0 Å². The Labute approximate surface area is 156 Å². The van der Waals surface area contributed by atoms with Crippen molar-refractivity contribution in [1.29, 1.82) is 0 Å². The van der Waals surface area contributed by atoms with E-state index in [1.54, 1.807) is 6.92 Å². The number of carboxylic acid groups (broad SMARTS) is 1. The number of rotatable bonds is 11. The van der Waals surface area contributed by atoms with Crippen LogP contribution >= 0.6 is 0 Å². The van der Waals surface area contributed by atoms with Crippen LogP contribution in [0.5, 0.6) is 17.2 Å². The van der Waals surface area contributed by atoms with Crippen molar-refractivity contribution >= 4 is 5.97 Å². The number of ether oxygens (including phenoxy) is 3. The lowest BCUT2D eigenvalue weighted by Gasteiger charge is -2.29. The number of carboxylic acids is 1. The standard InChI is InChI=1S/C20H33NO5/c1-7-24-15-10-16(18(26-9-3)17(11-15)25-8-2)14(5)13(4)12-20(6,21)19(22)23/h10-11,13-14H,7-9,12,21H2,1-6H3,(H,22,23). The summed E-state index contributed by atoms with van der Waals surface area (Å²) in [4.78, 5) is 11.4. The highest BCUT2D eigenvalue weighted by molar-refractivity contribution is 5.77. The van der Waals surface area contributed by atoms with Gasteiger partial charge >= 0.3 is 5.97 Å². The molecule has 1 aromatic carbocycles. The number of carbonyl (C=O) groups is 1. The van der Waals surface area contributed by atoms with Crippen molar-refractivity contribution in [2.24, 2.45) is 11.7 Å². The third-order valence-electron chi connectivity index (χ3n) is 4.54. The van der Waals surface area contributed by atoms with Gasteiger partial charge in [0.2, 0.25) is 0 Å². The Kier molecular flexibility index (Phi) is 8.21. The van der Waals surface area contributed by atoms with Gasteiger partial charge in [-0.3, -0.25) is 4.79 Å². The highest BCUT2D eigenvalue weighted by atomic mass is 16.5. The minimum absolute atomic E-state index is 0.0124. The molecule has 3 N–H and O–H groups in total. The molecule has 0 aliphatic rings. The molecule has 0 aromatic heterocycles. The van der Waals surface area contributed by atoms with Gasteiger partial charge in [-0.1, -0.05) is 13.8 Å². The number of benzene rings is 1. The number of hydrogen-bond donors (Lipinski definition) is 2. The van der Waals surface area contributed by atoms with Crippen molar-refractivity contribution in [3.05, 3.63) is 17.7 Å². The van der Waals surface area contributed by atoms with E-state index in [0.29, 0.717) is 43.5 Å². The van der Waals surface area contributed by atoms with Gasteiger partial charge in [-0.15, -0.1) is 0 Å². The highest BCUT2D eigenvalue weighted by Crippen LogP contribution is 2.43. The van der Waals surface area contributed by atoms with Gasteiger partial charge in [-0.2, -0.15) is 0 Å². The third kappa shape index (κ3) is 5.53. The molecular weight excluding hydrogens is 334 g/mol. The van der Waals surface area contributed by atoms with Crippen LogP contribution in [-0.2, 0) is 4.79 Å². The van der Waals surface area contributed by atoms with Crippen LogP contribution in [0.3, 0.4) is 0 Å². The maximum absolute atomic E-state index is 11.4. The Bertz CT molecular complexity index is 600. The van der Waals surface area contributed by atoms with Crippen LogP contribution in [0, 0.1) is 5.92 Å². The van der Waals surface area contributed by atoms with E-state index >= 15 is 0 Å². The summed E-state index contributed by atoms with van der Waals surface area (Å²) in [5.74, 6) is 1.07. The molecule has 3 unspecified atom stereocenters. The zero-order valence-electron chi connectivity index (χ0n) is 16.8. The Balaban J connectivity index is 3.30. The van der Waals surface area contributed by atoms with Crippen LogP contribution in [-0.4, -0.2) is 36.4 Å². The molecule has 0 aliphatic carbocycles. The third-order valence-corrected chi connectivity index (χ3v) is 4.54. The average Bonchev–Trinajstić information content (AvgIpc) is 2.56. The quantitative estimate of drug-likeness (QED) is 0.618. The predicted molar refractivity (Wildman–Crippen MR) is 102 cm³/mol. The van der Waals surface area contributed by atoms with E-state index in [1.807, 2.05) is 46.8 Å². The van der Waals surface area contributed by atoms with E-state index in [9.17, 15) is 9.90 Å². The number of hydrogen-bond acceptors (Lipinski definition) is 5. The van der Waals surface area contributed by atoms with E-state index in [0.717, 1.165) is 5.56 Å². The van der Waals surface area contributed by atoms with Crippen LogP contribution in [0.2, 0.25) is 0 Å². The summed E-state index contributed by atoms with van der Waals surface area (Å²) in [6.07, 6.45) is 0.345. The molecule has 6 heteroatoms. The van der Waals surface area contributed by atoms with Gasteiger partial charge < -0.3 is 25.1 Å². The highest BCUT2D eigenvalue weighted by Gasteiger charge is 2.33. The molecule has 0 bridgehead atoms. The van der Waals surface area contributed by atoms with Crippen molar-refractivity contribution in [2.45, 2.75) is 59.4 Å². The summed E-state index contributed by atoms with van der Waals surface area (Å²) in [7, 11) is 0. The van der Waals surface area contributed by atoms with Gasteiger partial charge in [0.25, 0.3) is 0 Å². The molecule has 26 heavy (non-hydrogen) atoms. The number of aliphatic carboxylic acids is 1. The van der Waals surface area contributed by atoms with E-state index in [-0.39, 0.29) is 11.8 Å². The minimum atomic E-state index is -1.28. The fourth-order valence-corrected chi connectivity index (χ4v) is 2.99. The Morgan fingerprint density at radius 2 is 1.69 bits per heavy atom. The van der Waals surface area contributed by atoms with Gasteiger partial charge in [0.1, 0.15) is 11.3 Å². The molecule has 3 atom stereocenters. The fraction of sp³-hybridized carbons (Fsp3) is 0.650. The second-order valence-electron chi connectivity index (χ2n) is 6.83. The second kappa shape index (κ2) is 9.67. The maximum atomic E-state index is 11.4. The van der Waals surface area contributed by atoms with Crippen LogP contribution < -0.4 is 19.9 Å². The molecular formula is C20H33NO5. The predicted octanol–water partition coefficient (Wildman–Crippen LogP) is 3.81. The Hall–Kier alpha value is -1.95. The lowest BCUT2D eigenvalue weighted by atomic mass is 9.80. The van der Waals surface area contributed by atoms with Crippen LogP contribution in [0.15, 0.2) is 12.1 Å². The zero-order chi connectivity index (χ0) is 19.9. The van der Waals surface area contributed by atoms with E-state index in [1.165, 1.54) is 0 Å². The van der Waals surface area contributed by atoms with Gasteiger partial charge in [0.15, 0.2) is 11.5 Å². The number of nitrogens with two attached hydrogens (primary N) is 1. The zero-order valence-corrected chi connectivity index (χ0v) is 16.8. The van der Waals surface area contributed by atoms with Crippen molar-refractivity contribution < 1.29 is 24.1 Å². The first kappa shape index (κ1) is 22.1. The molecule has 148 valence electrons. The van der Waals surface area contributed by atoms with Crippen molar-refractivity contribution in [1.82, 2.24) is 0 Å². The summed E-state index contributed by atoms with van der Waals surface area (Å²) in [6, 6.07) is 3.79. The molecule has 0 amide bonds. The molecule has 0 spiro atoms.